The first-order valence-electron chi connectivity index (χ1n) is 6.24. The number of nitrogens with zero attached hydrogens (tertiary/aromatic N) is 2. The summed E-state index contributed by atoms with van der Waals surface area (Å²) in [5.41, 5.74) is 4.07. The van der Waals surface area contributed by atoms with Gasteiger partial charge in [-0.1, -0.05) is 30.7 Å². The zero-order chi connectivity index (χ0) is 13.8. The Morgan fingerprint density at radius 1 is 1.37 bits per heavy atom. The topological polar surface area (TPSA) is 29.9 Å². The molecule has 0 aliphatic heterocycles. The fourth-order valence-corrected chi connectivity index (χ4v) is 2.49. The van der Waals surface area contributed by atoms with E-state index in [4.69, 9.17) is 23.2 Å². The van der Waals surface area contributed by atoms with Crippen LogP contribution in [0.15, 0.2) is 24.3 Å². The van der Waals surface area contributed by atoms with Gasteiger partial charge >= 0.3 is 0 Å². The van der Waals surface area contributed by atoms with Gasteiger partial charge in [0.2, 0.25) is 0 Å². The number of anilines is 1. The minimum Gasteiger partial charge on any atom is -0.379 e. The lowest BCUT2D eigenvalue weighted by atomic mass is 10.2. The molecule has 2 aromatic rings. The number of benzene rings is 1. The highest BCUT2D eigenvalue weighted by Crippen LogP contribution is 2.22. The molecule has 1 aromatic carbocycles. The molecule has 0 amide bonds. The standard InChI is InChI=1S/C14H17Cl2N3/c1-3-12-14(16)13(19(2)18-12)9-17-11-6-4-5-10(7-11)8-15/h4-7,17H,3,8-9H2,1-2H3. The number of alkyl halides is 1. The van der Waals surface area contributed by atoms with E-state index in [-0.39, 0.29) is 0 Å². The van der Waals surface area contributed by atoms with Gasteiger partial charge < -0.3 is 5.32 Å². The summed E-state index contributed by atoms with van der Waals surface area (Å²) in [7, 11) is 1.91. The predicted octanol–water partition coefficient (Wildman–Crippen LogP) is 3.99. The van der Waals surface area contributed by atoms with Gasteiger partial charge in [-0.05, 0) is 24.1 Å². The Labute approximate surface area is 123 Å². The minimum atomic E-state index is 0.516. The van der Waals surface area contributed by atoms with E-state index in [1.54, 1.807) is 0 Å². The van der Waals surface area contributed by atoms with E-state index < -0.39 is 0 Å². The summed E-state index contributed by atoms with van der Waals surface area (Å²) in [6.07, 6.45) is 0.842. The monoisotopic (exact) mass is 297 g/mol. The first-order chi connectivity index (χ1) is 9.15. The molecule has 1 aromatic heterocycles. The Bertz CT molecular complexity index is 564. The first kappa shape index (κ1) is 14.2. The molecule has 3 nitrogen and oxygen atoms in total. The van der Waals surface area contributed by atoms with E-state index in [1.807, 2.05) is 36.0 Å². The molecule has 0 atom stereocenters. The molecule has 19 heavy (non-hydrogen) atoms. The number of aryl methyl sites for hydroxylation is 2. The van der Waals surface area contributed by atoms with Crippen molar-refractivity contribution in [3.05, 3.63) is 46.2 Å². The summed E-state index contributed by atoms with van der Waals surface area (Å²) in [6, 6.07) is 8.05. The molecule has 0 saturated heterocycles. The van der Waals surface area contributed by atoms with E-state index in [0.717, 1.165) is 34.1 Å². The predicted molar refractivity (Wildman–Crippen MR) is 80.9 cm³/mol. The van der Waals surface area contributed by atoms with Crippen LogP contribution in [0.2, 0.25) is 5.02 Å². The Morgan fingerprint density at radius 2 is 2.16 bits per heavy atom. The van der Waals surface area contributed by atoms with Crippen molar-refractivity contribution in [2.45, 2.75) is 25.8 Å². The van der Waals surface area contributed by atoms with Crippen LogP contribution in [0.4, 0.5) is 5.69 Å². The summed E-state index contributed by atoms with van der Waals surface area (Å²) < 4.78 is 1.83. The zero-order valence-corrected chi connectivity index (χ0v) is 12.6. The second kappa shape index (κ2) is 6.31. The minimum absolute atomic E-state index is 0.516. The maximum Gasteiger partial charge on any atom is 0.0868 e. The average molecular weight is 298 g/mol. The molecule has 5 heteroatoms. The van der Waals surface area contributed by atoms with Crippen molar-refractivity contribution in [3.63, 3.8) is 0 Å². The third kappa shape index (κ3) is 3.23. The van der Waals surface area contributed by atoms with E-state index in [2.05, 4.69) is 17.3 Å². The van der Waals surface area contributed by atoms with Crippen LogP contribution < -0.4 is 5.32 Å². The summed E-state index contributed by atoms with van der Waals surface area (Å²) in [5.74, 6) is 0.516. The Balaban J connectivity index is 2.12. The van der Waals surface area contributed by atoms with Crippen LogP contribution in [-0.4, -0.2) is 9.78 Å². The summed E-state index contributed by atoms with van der Waals surface area (Å²) in [6.45, 7) is 2.70. The fourth-order valence-electron chi connectivity index (χ4n) is 1.96. The first-order valence-corrected chi connectivity index (χ1v) is 7.16. The van der Waals surface area contributed by atoms with Gasteiger partial charge in [0.25, 0.3) is 0 Å². The molecule has 102 valence electrons. The van der Waals surface area contributed by atoms with Gasteiger partial charge in [0, 0.05) is 18.6 Å². The van der Waals surface area contributed by atoms with Gasteiger partial charge in [-0.15, -0.1) is 11.6 Å². The van der Waals surface area contributed by atoms with Crippen LogP contribution in [0.25, 0.3) is 0 Å². The molecule has 0 bridgehead atoms. The largest absolute Gasteiger partial charge is 0.379 e. The van der Waals surface area contributed by atoms with Gasteiger partial charge in [-0.2, -0.15) is 5.10 Å². The molecule has 0 saturated carbocycles. The van der Waals surface area contributed by atoms with Crippen molar-refractivity contribution in [1.29, 1.82) is 0 Å². The Kier molecular flexibility index (Phi) is 4.72. The second-order valence-corrected chi connectivity index (χ2v) is 5.02. The maximum atomic E-state index is 6.31. The third-order valence-corrected chi connectivity index (χ3v) is 3.79. The van der Waals surface area contributed by atoms with Crippen molar-refractivity contribution in [3.8, 4) is 0 Å². The highest BCUT2D eigenvalue weighted by molar-refractivity contribution is 6.31. The van der Waals surface area contributed by atoms with E-state index in [9.17, 15) is 0 Å². The molecule has 0 aliphatic carbocycles. The SMILES string of the molecule is CCc1nn(C)c(CNc2cccc(CCl)c2)c1Cl. The quantitative estimate of drug-likeness (QED) is 0.846. The highest BCUT2D eigenvalue weighted by Gasteiger charge is 2.12. The maximum absolute atomic E-state index is 6.31. The number of nitrogens with one attached hydrogen (secondary N) is 1. The summed E-state index contributed by atoms with van der Waals surface area (Å²) in [4.78, 5) is 0. The van der Waals surface area contributed by atoms with E-state index >= 15 is 0 Å². The average Bonchev–Trinajstić information content (AvgIpc) is 2.71. The van der Waals surface area contributed by atoms with Crippen molar-refractivity contribution < 1.29 is 0 Å². The molecular formula is C14H17Cl2N3. The second-order valence-electron chi connectivity index (χ2n) is 4.37. The van der Waals surface area contributed by atoms with Crippen LogP contribution in [0, 0.1) is 0 Å². The Morgan fingerprint density at radius 3 is 2.79 bits per heavy atom. The van der Waals surface area contributed by atoms with Crippen molar-refractivity contribution in [2.24, 2.45) is 7.05 Å². The van der Waals surface area contributed by atoms with Gasteiger partial charge in [-0.3, -0.25) is 4.68 Å². The summed E-state index contributed by atoms with van der Waals surface area (Å²) in [5, 5.41) is 8.50. The number of halogens is 2. The molecular weight excluding hydrogens is 281 g/mol. The van der Waals surface area contributed by atoms with Gasteiger partial charge in [0.15, 0.2) is 0 Å². The molecule has 0 unspecified atom stereocenters. The normalized spacial score (nSPS) is 10.7. The molecule has 0 spiro atoms. The number of aromatic nitrogens is 2. The van der Waals surface area contributed by atoms with Crippen molar-refractivity contribution in [1.82, 2.24) is 9.78 Å². The van der Waals surface area contributed by atoms with Gasteiger partial charge in [0.05, 0.1) is 23.0 Å². The molecule has 0 aliphatic rings. The smallest absolute Gasteiger partial charge is 0.0868 e. The molecule has 1 heterocycles. The molecule has 0 fully saturated rings. The lowest BCUT2D eigenvalue weighted by molar-refractivity contribution is 0.707. The van der Waals surface area contributed by atoms with Crippen LogP contribution in [0.3, 0.4) is 0 Å². The highest BCUT2D eigenvalue weighted by atomic mass is 35.5. The van der Waals surface area contributed by atoms with Crippen LogP contribution in [0.5, 0.6) is 0 Å². The van der Waals surface area contributed by atoms with Gasteiger partial charge in [0.1, 0.15) is 0 Å². The van der Waals surface area contributed by atoms with Gasteiger partial charge in [-0.25, -0.2) is 0 Å². The van der Waals surface area contributed by atoms with Crippen LogP contribution in [0.1, 0.15) is 23.9 Å². The Hall–Kier alpha value is -1.19. The van der Waals surface area contributed by atoms with Crippen molar-refractivity contribution >= 4 is 28.9 Å². The van der Waals surface area contributed by atoms with Crippen molar-refractivity contribution in [2.75, 3.05) is 5.32 Å². The number of hydrogen-bond acceptors (Lipinski definition) is 2. The van der Waals surface area contributed by atoms with E-state index in [0.29, 0.717) is 12.4 Å². The molecule has 1 N–H and O–H groups in total. The number of rotatable bonds is 5. The number of hydrogen-bond donors (Lipinski definition) is 1. The lowest BCUT2D eigenvalue weighted by Crippen LogP contribution is -2.06. The lowest BCUT2D eigenvalue weighted by Gasteiger charge is -2.08. The summed E-state index contributed by atoms with van der Waals surface area (Å²) >= 11 is 12.1. The molecule has 2 rings (SSSR count). The molecule has 0 radical (unpaired) electrons. The zero-order valence-electron chi connectivity index (χ0n) is 11.1. The van der Waals surface area contributed by atoms with Crippen LogP contribution in [-0.2, 0) is 25.9 Å². The van der Waals surface area contributed by atoms with Crippen LogP contribution >= 0.6 is 23.2 Å². The third-order valence-electron chi connectivity index (χ3n) is 3.04. The van der Waals surface area contributed by atoms with E-state index in [1.165, 1.54) is 0 Å². The fraction of sp³-hybridized carbons (Fsp3) is 0.357.